The molecule has 30 heavy (non-hydrogen) atoms. The Hall–Kier alpha value is -3.57. The third-order valence-corrected chi connectivity index (χ3v) is 5.01. The van der Waals surface area contributed by atoms with E-state index in [-0.39, 0.29) is 6.04 Å². The Morgan fingerprint density at radius 2 is 2.20 bits per heavy atom. The van der Waals surface area contributed by atoms with Gasteiger partial charge in [0, 0.05) is 42.7 Å². The second kappa shape index (κ2) is 8.84. The Kier molecular flexibility index (Phi) is 5.82. The first kappa shape index (κ1) is 19.7. The molecule has 0 spiro atoms. The fraction of sp³-hybridized carbons (Fsp3) is 0.318. The lowest BCUT2D eigenvalue weighted by molar-refractivity contribution is 0.0875. The van der Waals surface area contributed by atoms with Crippen LogP contribution in [0.3, 0.4) is 0 Å². The van der Waals surface area contributed by atoms with Crippen LogP contribution in [0.25, 0.3) is 11.1 Å². The van der Waals surface area contributed by atoms with Crippen molar-refractivity contribution in [2.24, 2.45) is 7.05 Å². The average molecular weight is 404 g/mol. The van der Waals surface area contributed by atoms with Crippen LogP contribution in [0.2, 0.25) is 0 Å². The normalized spacial score (nSPS) is 16.0. The SMILES string of the molecule is COc1cc(Nc2ccc(C#N)c(NC3CCCOC3)n2)ccc1-c1cnn(C)c1. The standard InChI is InChI=1S/C22H24N6O2/c1-28-13-16(12-24-28)19-7-6-17(10-20(19)29-2)25-21-8-5-15(11-23)22(27-21)26-18-4-3-9-30-14-18/h5-8,10,12-13,18H,3-4,9,14H2,1-2H3,(H2,25,26,27). The van der Waals surface area contributed by atoms with Gasteiger partial charge in [-0.3, -0.25) is 4.68 Å². The second-order valence-electron chi connectivity index (χ2n) is 7.21. The van der Waals surface area contributed by atoms with Crippen molar-refractivity contribution in [2.45, 2.75) is 18.9 Å². The van der Waals surface area contributed by atoms with Gasteiger partial charge in [-0.05, 0) is 37.1 Å². The number of nitriles is 1. The van der Waals surface area contributed by atoms with Crippen LogP contribution in [0.1, 0.15) is 18.4 Å². The monoisotopic (exact) mass is 404 g/mol. The maximum absolute atomic E-state index is 9.43. The largest absolute Gasteiger partial charge is 0.496 e. The first-order chi connectivity index (χ1) is 14.7. The smallest absolute Gasteiger partial charge is 0.146 e. The number of aryl methyl sites for hydroxylation is 1. The fourth-order valence-corrected chi connectivity index (χ4v) is 3.49. The lowest BCUT2D eigenvalue weighted by Gasteiger charge is -2.24. The van der Waals surface area contributed by atoms with Crippen molar-refractivity contribution in [3.8, 4) is 22.9 Å². The molecule has 0 bridgehead atoms. The number of ether oxygens (including phenoxy) is 2. The number of hydrogen-bond acceptors (Lipinski definition) is 7. The molecule has 4 rings (SSSR count). The van der Waals surface area contributed by atoms with Crippen LogP contribution in [-0.4, -0.2) is 41.1 Å². The van der Waals surface area contributed by atoms with Crippen LogP contribution in [0.4, 0.5) is 17.3 Å². The highest BCUT2D eigenvalue weighted by Gasteiger charge is 2.16. The van der Waals surface area contributed by atoms with Crippen LogP contribution >= 0.6 is 0 Å². The zero-order valence-electron chi connectivity index (χ0n) is 17.1. The number of pyridine rings is 1. The van der Waals surface area contributed by atoms with E-state index in [1.54, 1.807) is 30.1 Å². The van der Waals surface area contributed by atoms with E-state index in [9.17, 15) is 5.26 Å². The topological polar surface area (TPSA) is 97.0 Å². The van der Waals surface area contributed by atoms with E-state index in [1.807, 2.05) is 31.4 Å². The summed E-state index contributed by atoms with van der Waals surface area (Å²) >= 11 is 0. The summed E-state index contributed by atoms with van der Waals surface area (Å²) in [6, 6.07) is 11.8. The zero-order chi connectivity index (χ0) is 20.9. The second-order valence-corrected chi connectivity index (χ2v) is 7.21. The summed E-state index contributed by atoms with van der Waals surface area (Å²) in [6.07, 6.45) is 5.75. The molecule has 2 aromatic heterocycles. The Bertz CT molecular complexity index is 1070. The zero-order valence-corrected chi connectivity index (χ0v) is 17.1. The third-order valence-electron chi connectivity index (χ3n) is 5.01. The van der Waals surface area contributed by atoms with Crippen molar-refractivity contribution < 1.29 is 9.47 Å². The molecule has 1 saturated heterocycles. The average Bonchev–Trinajstić information content (AvgIpc) is 3.20. The molecule has 2 N–H and O–H groups in total. The molecule has 1 aliphatic heterocycles. The van der Waals surface area contributed by atoms with E-state index in [1.165, 1.54) is 0 Å². The fourth-order valence-electron chi connectivity index (χ4n) is 3.49. The van der Waals surface area contributed by atoms with E-state index in [4.69, 9.17) is 9.47 Å². The van der Waals surface area contributed by atoms with Crippen LogP contribution < -0.4 is 15.4 Å². The molecule has 1 fully saturated rings. The van der Waals surface area contributed by atoms with Crippen LogP contribution in [0, 0.1) is 11.3 Å². The number of hydrogen-bond donors (Lipinski definition) is 2. The molecule has 0 aliphatic carbocycles. The number of benzene rings is 1. The third kappa shape index (κ3) is 4.36. The predicted octanol–water partition coefficient (Wildman–Crippen LogP) is 3.70. The molecule has 0 radical (unpaired) electrons. The molecule has 8 heteroatoms. The minimum Gasteiger partial charge on any atom is -0.496 e. The van der Waals surface area contributed by atoms with Crippen LogP contribution in [0.5, 0.6) is 5.75 Å². The van der Waals surface area contributed by atoms with Gasteiger partial charge in [0.05, 0.1) is 31.5 Å². The quantitative estimate of drug-likeness (QED) is 0.646. The van der Waals surface area contributed by atoms with Crippen LogP contribution in [0.15, 0.2) is 42.7 Å². The maximum atomic E-state index is 9.43. The summed E-state index contributed by atoms with van der Waals surface area (Å²) in [5.74, 6) is 1.95. The van der Waals surface area contributed by atoms with E-state index in [0.717, 1.165) is 42.0 Å². The lowest BCUT2D eigenvalue weighted by Crippen LogP contribution is -2.30. The lowest BCUT2D eigenvalue weighted by atomic mass is 10.1. The van der Waals surface area contributed by atoms with Gasteiger partial charge < -0.3 is 20.1 Å². The minimum atomic E-state index is 0.160. The summed E-state index contributed by atoms with van der Waals surface area (Å²) in [5.41, 5.74) is 3.29. The van der Waals surface area contributed by atoms with Gasteiger partial charge >= 0.3 is 0 Å². The summed E-state index contributed by atoms with van der Waals surface area (Å²) in [7, 11) is 3.53. The first-order valence-corrected chi connectivity index (χ1v) is 9.86. The van der Waals surface area contributed by atoms with Crippen molar-refractivity contribution in [1.29, 1.82) is 5.26 Å². The summed E-state index contributed by atoms with van der Waals surface area (Å²) in [4.78, 5) is 4.62. The number of nitrogens with one attached hydrogen (secondary N) is 2. The van der Waals surface area contributed by atoms with E-state index in [2.05, 4.69) is 26.8 Å². The van der Waals surface area contributed by atoms with Crippen molar-refractivity contribution in [1.82, 2.24) is 14.8 Å². The molecule has 1 aliphatic rings. The number of rotatable bonds is 6. The molecule has 154 valence electrons. The van der Waals surface area contributed by atoms with Gasteiger partial charge in [-0.1, -0.05) is 0 Å². The molecule has 0 saturated carbocycles. The molecule has 0 amide bonds. The summed E-state index contributed by atoms with van der Waals surface area (Å²) < 4.78 is 12.9. The molecule has 1 atom stereocenters. The molecule has 3 aromatic rings. The van der Waals surface area contributed by atoms with Crippen LogP contribution in [-0.2, 0) is 11.8 Å². The molecule has 3 heterocycles. The Balaban J connectivity index is 1.56. The minimum absolute atomic E-state index is 0.160. The summed E-state index contributed by atoms with van der Waals surface area (Å²) in [5, 5.41) is 20.3. The Morgan fingerprint density at radius 3 is 2.90 bits per heavy atom. The van der Waals surface area contributed by atoms with Gasteiger partial charge in [-0.25, -0.2) is 4.98 Å². The van der Waals surface area contributed by atoms with E-state index in [0.29, 0.717) is 23.8 Å². The van der Waals surface area contributed by atoms with Gasteiger partial charge in [0.15, 0.2) is 0 Å². The highest BCUT2D eigenvalue weighted by molar-refractivity contribution is 5.74. The Morgan fingerprint density at radius 1 is 1.30 bits per heavy atom. The number of anilines is 3. The number of aromatic nitrogens is 3. The predicted molar refractivity (Wildman–Crippen MR) is 115 cm³/mol. The van der Waals surface area contributed by atoms with E-state index >= 15 is 0 Å². The molecular formula is C22H24N6O2. The van der Waals surface area contributed by atoms with Gasteiger partial charge in [0.2, 0.25) is 0 Å². The highest BCUT2D eigenvalue weighted by atomic mass is 16.5. The molecule has 1 aromatic carbocycles. The highest BCUT2D eigenvalue weighted by Crippen LogP contribution is 2.33. The first-order valence-electron chi connectivity index (χ1n) is 9.86. The molecular weight excluding hydrogens is 380 g/mol. The summed E-state index contributed by atoms with van der Waals surface area (Å²) in [6.45, 7) is 1.41. The Labute approximate surface area is 175 Å². The number of methoxy groups -OCH3 is 1. The van der Waals surface area contributed by atoms with Gasteiger partial charge in [-0.15, -0.1) is 0 Å². The van der Waals surface area contributed by atoms with Crippen molar-refractivity contribution in [2.75, 3.05) is 31.0 Å². The van der Waals surface area contributed by atoms with E-state index < -0.39 is 0 Å². The van der Waals surface area contributed by atoms with Crippen molar-refractivity contribution in [3.63, 3.8) is 0 Å². The molecule has 1 unspecified atom stereocenters. The van der Waals surface area contributed by atoms with Gasteiger partial charge in [0.25, 0.3) is 0 Å². The molecule has 8 nitrogen and oxygen atoms in total. The van der Waals surface area contributed by atoms with Gasteiger partial charge in [0.1, 0.15) is 23.5 Å². The van der Waals surface area contributed by atoms with Gasteiger partial charge in [-0.2, -0.15) is 10.4 Å². The maximum Gasteiger partial charge on any atom is 0.146 e. The van der Waals surface area contributed by atoms with Crippen molar-refractivity contribution in [3.05, 3.63) is 48.3 Å². The number of nitrogens with zero attached hydrogens (tertiary/aromatic N) is 4. The van der Waals surface area contributed by atoms with Crippen molar-refractivity contribution >= 4 is 17.3 Å².